The van der Waals surface area contributed by atoms with E-state index in [1.165, 1.54) is 9.80 Å². The summed E-state index contributed by atoms with van der Waals surface area (Å²) in [4.78, 5) is 87.3. The Balaban J connectivity index is 1.04. The molecular weight excluding hydrogens is 674 g/mol. The van der Waals surface area contributed by atoms with Crippen LogP contribution in [0.4, 0.5) is 5.69 Å². The van der Waals surface area contributed by atoms with Crippen molar-refractivity contribution in [1.82, 2.24) is 15.1 Å². The van der Waals surface area contributed by atoms with Crippen LogP contribution in [0.5, 0.6) is 0 Å². The molecule has 5 amide bonds. The fourth-order valence-electron chi connectivity index (χ4n) is 7.74. The molecular formula is C41H35N5O7. The van der Waals surface area contributed by atoms with Crippen LogP contribution in [-0.2, 0) is 48.2 Å². The van der Waals surface area contributed by atoms with Gasteiger partial charge in [-0.15, -0.1) is 0 Å². The number of ketones is 1. The zero-order chi connectivity index (χ0) is 36.7. The van der Waals surface area contributed by atoms with Crippen LogP contribution >= 0.6 is 0 Å². The molecule has 2 N–H and O–H groups in total. The van der Waals surface area contributed by atoms with Crippen LogP contribution in [0.25, 0.3) is 0 Å². The molecule has 53 heavy (non-hydrogen) atoms. The molecule has 0 saturated carbocycles. The van der Waals surface area contributed by atoms with Crippen molar-refractivity contribution < 1.29 is 33.5 Å². The zero-order valence-electron chi connectivity index (χ0n) is 28.6. The van der Waals surface area contributed by atoms with Gasteiger partial charge in [0, 0.05) is 53.9 Å². The number of carbonyl (C=O) groups is 6. The Morgan fingerprint density at radius 3 is 2.38 bits per heavy atom. The number of carbonyl (C=O) groups excluding carboxylic acids is 6. The number of imide groups is 1. The summed E-state index contributed by atoms with van der Waals surface area (Å²) in [6.45, 7) is -0.154. The number of hydrogen-bond acceptors (Lipinski definition) is 8. The van der Waals surface area contributed by atoms with E-state index in [-0.39, 0.29) is 56.6 Å². The molecule has 3 atom stereocenters. The first-order valence-electron chi connectivity index (χ1n) is 17.5. The first kappa shape index (κ1) is 33.7. The molecule has 0 radical (unpaired) electrons. The molecule has 12 nitrogen and oxygen atoms in total. The van der Waals surface area contributed by atoms with Crippen LogP contribution < -0.4 is 10.6 Å². The SMILES string of the molecule is O=C(CC(=O)Nc1cccc2c1CN(C1CCC(=O)NC1=O)C2=O)CN1Cc2ccccc2[C@@H]2OC(c3ccccc3)=N[C@]2(Cc2ccccc2)C1=O. The maximum absolute atomic E-state index is 14.9. The summed E-state index contributed by atoms with van der Waals surface area (Å²) in [6, 6.07) is 30.6. The van der Waals surface area contributed by atoms with E-state index < -0.39 is 41.7 Å². The fourth-order valence-corrected chi connectivity index (χ4v) is 7.74. The van der Waals surface area contributed by atoms with Gasteiger partial charge in [0.2, 0.25) is 23.6 Å². The van der Waals surface area contributed by atoms with Gasteiger partial charge < -0.3 is 19.9 Å². The van der Waals surface area contributed by atoms with Gasteiger partial charge >= 0.3 is 0 Å². The second-order valence-corrected chi connectivity index (χ2v) is 13.7. The van der Waals surface area contributed by atoms with E-state index in [4.69, 9.17) is 9.73 Å². The lowest BCUT2D eigenvalue weighted by Gasteiger charge is -2.32. The van der Waals surface area contributed by atoms with Gasteiger partial charge in [-0.3, -0.25) is 34.1 Å². The molecule has 4 aromatic carbocycles. The average Bonchev–Trinajstić information content (AvgIpc) is 3.68. The lowest BCUT2D eigenvalue weighted by atomic mass is 9.81. The number of nitrogens with one attached hydrogen (secondary N) is 2. The van der Waals surface area contributed by atoms with Crippen molar-refractivity contribution in [1.29, 1.82) is 0 Å². The van der Waals surface area contributed by atoms with Crippen LogP contribution in [0.15, 0.2) is 108 Å². The van der Waals surface area contributed by atoms with Gasteiger partial charge in [-0.05, 0) is 41.8 Å². The molecule has 0 bridgehead atoms. The standard InChI is InChI=1S/C41H35N5O7/c47-28(20-35(49)42-32-17-9-16-30-31(32)24-46(39(30)51)33-18-19-34(48)43-37(33)50)23-45-22-27-14-7-8-15-29(27)36-41(40(45)52,21-25-10-3-1-4-11-25)44-38(53-36)26-12-5-2-6-13-26/h1-17,33,36H,18-24H2,(H,42,49)(H,43,48,50)/t33?,36-,41-/m0/s1. The molecule has 4 aliphatic rings. The molecule has 1 saturated heterocycles. The third-order valence-electron chi connectivity index (χ3n) is 10.2. The summed E-state index contributed by atoms with van der Waals surface area (Å²) in [5.41, 5.74) is 3.00. The Labute approximate surface area is 304 Å². The first-order valence-corrected chi connectivity index (χ1v) is 17.5. The number of Topliss-reactive ketones (excluding diaryl/α,β-unsaturated/α-hetero) is 1. The number of hydrogen-bond donors (Lipinski definition) is 2. The van der Waals surface area contributed by atoms with Crippen LogP contribution in [0.2, 0.25) is 0 Å². The molecule has 1 unspecified atom stereocenters. The number of ether oxygens (including phenoxy) is 1. The summed E-state index contributed by atoms with van der Waals surface area (Å²) in [7, 11) is 0. The van der Waals surface area contributed by atoms with Crippen molar-refractivity contribution in [2.24, 2.45) is 4.99 Å². The predicted molar refractivity (Wildman–Crippen MR) is 192 cm³/mol. The molecule has 0 aliphatic carbocycles. The van der Waals surface area contributed by atoms with Crippen LogP contribution in [0.3, 0.4) is 0 Å². The minimum absolute atomic E-state index is 0.0603. The molecule has 4 aromatic rings. The molecule has 1 fully saturated rings. The topological polar surface area (TPSA) is 155 Å². The van der Waals surface area contributed by atoms with E-state index in [1.54, 1.807) is 18.2 Å². The van der Waals surface area contributed by atoms with Gasteiger partial charge in [0.1, 0.15) is 6.04 Å². The second kappa shape index (κ2) is 13.6. The molecule has 4 aliphatic heterocycles. The number of piperidine rings is 1. The smallest absolute Gasteiger partial charge is 0.255 e. The lowest BCUT2D eigenvalue weighted by molar-refractivity contribution is -0.143. The van der Waals surface area contributed by atoms with Crippen molar-refractivity contribution in [3.05, 3.63) is 137 Å². The first-order chi connectivity index (χ1) is 25.7. The number of rotatable bonds is 9. The average molecular weight is 710 g/mol. The highest BCUT2D eigenvalue weighted by atomic mass is 16.5. The van der Waals surface area contributed by atoms with Crippen molar-refractivity contribution in [3.63, 3.8) is 0 Å². The predicted octanol–water partition coefficient (Wildman–Crippen LogP) is 3.89. The molecule has 0 aromatic heterocycles. The summed E-state index contributed by atoms with van der Waals surface area (Å²) in [5, 5.41) is 5.06. The van der Waals surface area contributed by atoms with E-state index in [1.807, 2.05) is 84.9 Å². The number of amides is 5. The number of fused-ring (bicyclic) bond motifs is 4. The molecule has 8 rings (SSSR count). The highest BCUT2D eigenvalue weighted by molar-refractivity contribution is 6.09. The van der Waals surface area contributed by atoms with Gasteiger partial charge in [0.25, 0.3) is 11.8 Å². The lowest BCUT2D eigenvalue weighted by Crippen LogP contribution is -2.52. The van der Waals surface area contributed by atoms with Crippen molar-refractivity contribution in [3.8, 4) is 0 Å². The van der Waals surface area contributed by atoms with Crippen LogP contribution in [0.1, 0.15) is 63.5 Å². The Morgan fingerprint density at radius 1 is 0.868 bits per heavy atom. The van der Waals surface area contributed by atoms with Gasteiger partial charge in [0.05, 0.1) is 13.0 Å². The van der Waals surface area contributed by atoms with E-state index in [9.17, 15) is 28.8 Å². The Morgan fingerprint density at radius 2 is 1.60 bits per heavy atom. The van der Waals surface area contributed by atoms with E-state index in [0.717, 1.165) is 22.3 Å². The normalized spacial score (nSPS) is 21.8. The molecule has 0 spiro atoms. The van der Waals surface area contributed by atoms with E-state index in [2.05, 4.69) is 10.6 Å². The summed E-state index contributed by atoms with van der Waals surface area (Å²) >= 11 is 0. The quantitative estimate of drug-likeness (QED) is 0.198. The Hall–Kier alpha value is -6.43. The number of nitrogens with zero attached hydrogens (tertiary/aromatic N) is 3. The van der Waals surface area contributed by atoms with E-state index in [0.29, 0.717) is 22.7 Å². The zero-order valence-corrected chi connectivity index (χ0v) is 28.6. The van der Waals surface area contributed by atoms with Crippen molar-refractivity contribution in [2.75, 3.05) is 11.9 Å². The molecule has 12 heteroatoms. The minimum Gasteiger partial charge on any atom is -0.466 e. The largest absolute Gasteiger partial charge is 0.466 e. The van der Waals surface area contributed by atoms with Gasteiger partial charge in [0.15, 0.2) is 17.4 Å². The van der Waals surface area contributed by atoms with Crippen LogP contribution in [0, 0.1) is 0 Å². The third-order valence-corrected chi connectivity index (χ3v) is 10.2. The summed E-state index contributed by atoms with van der Waals surface area (Å²) in [5.74, 6) is -2.43. The second-order valence-electron chi connectivity index (χ2n) is 13.7. The number of benzene rings is 4. The van der Waals surface area contributed by atoms with E-state index >= 15 is 0 Å². The minimum atomic E-state index is -1.42. The number of aliphatic imine (C=N–C) groups is 1. The fraction of sp³-hybridized carbons (Fsp3) is 0.244. The summed E-state index contributed by atoms with van der Waals surface area (Å²) < 4.78 is 6.58. The Kier molecular flexibility index (Phi) is 8.65. The third kappa shape index (κ3) is 6.26. The Bertz CT molecular complexity index is 2200. The van der Waals surface area contributed by atoms with Crippen LogP contribution in [-0.4, -0.2) is 69.1 Å². The summed E-state index contributed by atoms with van der Waals surface area (Å²) in [6.07, 6.45) is -0.731. The molecule has 266 valence electrons. The highest BCUT2D eigenvalue weighted by Crippen LogP contribution is 2.46. The monoisotopic (exact) mass is 709 g/mol. The van der Waals surface area contributed by atoms with Gasteiger partial charge in [-0.25, -0.2) is 4.99 Å². The maximum Gasteiger partial charge on any atom is 0.255 e. The van der Waals surface area contributed by atoms with Gasteiger partial charge in [-0.1, -0.05) is 78.9 Å². The van der Waals surface area contributed by atoms with Crippen molar-refractivity contribution in [2.45, 2.75) is 56.5 Å². The van der Waals surface area contributed by atoms with Crippen molar-refractivity contribution >= 4 is 46.9 Å². The molecule has 4 heterocycles. The number of anilines is 1. The van der Waals surface area contributed by atoms with Gasteiger partial charge in [-0.2, -0.15) is 0 Å². The maximum atomic E-state index is 14.9. The highest BCUT2D eigenvalue weighted by Gasteiger charge is 2.57.